The number of benzene rings is 1. The highest BCUT2D eigenvalue weighted by Gasteiger charge is 2.18. The molecule has 0 aliphatic carbocycles. The first kappa shape index (κ1) is 16.2. The van der Waals surface area contributed by atoms with Crippen molar-refractivity contribution in [1.29, 1.82) is 0 Å². The van der Waals surface area contributed by atoms with E-state index in [0.29, 0.717) is 16.9 Å². The number of anilines is 1. The van der Waals surface area contributed by atoms with Crippen molar-refractivity contribution >= 4 is 22.5 Å². The SMILES string of the molecule is O=c1c2cnc(N3CCCCC3)nc2ccn1-c1ccccc1[N+](=O)[O-]. The van der Waals surface area contributed by atoms with Crippen LogP contribution in [-0.2, 0) is 0 Å². The lowest BCUT2D eigenvalue weighted by molar-refractivity contribution is -0.384. The van der Waals surface area contributed by atoms with Gasteiger partial charge >= 0.3 is 0 Å². The van der Waals surface area contributed by atoms with Crippen LogP contribution in [0.25, 0.3) is 16.6 Å². The zero-order valence-electron chi connectivity index (χ0n) is 14.0. The van der Waals surface area contributed by atoms with Crippen LogP contribution in [0, 0.1) is 10.1 Å². The quantitative estimate of drug-likeness (QED) is 0.532. The van der Waals surface area contributed by atoms with Crippen LogP contribution >= 0.6 is 0 Å². The fraction of sp³-hybridized carbons (Fsp3) is 0.278. The normalized spacial score (nSPS) is 14.5. The molecule has 4 rings (SSSR count). The predicted molar refractivity (Wildman–Crippen MR) is 97.9 cm³/mol. The maximum atomic E-state index is 12.8. The third kappa shape index (κ3) is 2.79. The summed E-state index contributed by atoms with van der Waals surface area (Å²) in [5, 5.41) is 11.6. The lowest BCUT2D eigenvalue weighted by atomic mass is 10.1. The van der Waals surface area contributed by atoms with Gasteiger partial charge in [-0.1, -0.05) is 12.1 Å². The van der Waals surface area contributed by atoms with Gasteiger partial charge in [-0.05, 0) is 31.4 Å². The summed E-state index contributed by atoms with van der Waals surface area (Å²) >= 11 is 0. The molecule has 2 aromatic heterocycles. The van der Waals surface area contributed by atoms with Gasteiger partial charge in [-0.3, -0.25) is 19.5 Å². The molecule has 1 aliphatic rings. The molecule has 8 nitrogen and oxygen atoms in total. The Morgan fingerprint density at radius 2 is 1.85 bits per heavy atom. The molecule has 26 heavy (non-hydrogen) atoms. The van der Waals surface area contributed by atoms with E-state index in [1.54, 1.807) is 24.3 Å². The second-order valence-electron chi connectivity index (χ2n) is 6.25. The summed E-state index contributed by atoms with van der Waals surface area (Å²) in [4.78, 5) is 34.6. The smallest absolute Gasteiger partial charge is 0.293 e. The van der Waals surface area contributed by atoms with Crippen LogP contribution in [0.4, 0.5) is 11.6 Å². The number of rotatable bonds is 3. The van der Waals surface area contributed by atoms with E-state index in [9.17, 15) is 14.9 Å². The molecule has 0 atom stereocenters. The molecule has 3 aromatic rings. The molecule has 0 bridgehead atoms. The Bertz CT molecular complexity index is 1040. The number of fused-ring (bicyclic) bond motifs is 1. The Kier molecular flexibility index (Phi) is 4.08. The molecule has 0 unspecified atom stereocenters. The average Bonchev–Trinajstić information content (AvgIpc) is 2.69. The molecule has 0 N–H and O–H groups in total. The fourth-order valence-electron chi connectivity index (χ4n) is 3.28. The minimum atomic E-state index is -0.498. The molecule has 0 radical (unpaired) electrons. The van der Waals surface area contributed by atoms with Crippen molar-refractivity contribution in [1.82, 2.24) is 14.5 Å². The minimum Gasteiger partial charge on any atom is -0.341 e. The van der Waals surface area contributed by atoms with Gasteiger partial charge in [0.15, 0.2) is 0 Å². The summed E-state index contributed by atoms with van der Waals surface area (Å²) in [7, 11) is 0. The van der Waals surface area contributed by atoms with E-state index in [0.717, 1.165) is 25.9 Å². The fourth-order valence-corrected chi connectivity index (χ4v) is 3.28. The molecule has 132 valence electrons. The third-order valence-electron chi connectivity index (χ3n) is 4.61. The minimum absolute atomic E-state index is 0.125. The molecular formula is C18H17N5O3. The largest absolute Gasteiger partial charge is 0.341 e. The van der Waals surface area contributed by atoms with E-state index in [2.05, 4.69) is 14.9 Å². The number of aromatic nitrogens is 3. The number of nitro benzene ring substituents is 1. The monoisotopic (exact) mass is 351 g/mol. The first-order chi connectivity index (χ1) is 12.6. The summed E-state index contributed by atoms with van der Waals surface area (Å²) in [6.45, 7) is 1.83. The lowest BCUT2D eigenvalue weighted by Gasteiger charge is -2.26. The topological polar surface area (TPSA) is 94.2 Å². The number of nitro groups is 1. The first-order valence-corrected chi connectivity index (χ1v) is 8.52. The Balaban J connectivity index is 1.81. The van der Waals surface area contributed by atoms with Crippen LogP contribution in [0.5, 0.6) is 0 Å². The molecule has 3 heterocycles. The Hall–Kier alpha value is -3.29. The van der Waals surface area contributed by atoms with Crippen LogP contribution in [-0.4, -0.2) is 32.5 Å². The summed E-state index contributed by atoms with van der Waals surface area (Å²) < 4.78 is 1.27. The van der Waals surface area contributed by atoms with Crippen molar-refractivity contribution in [2.75, 3.05) is 18.0 Å². The van der Waals surface area contributed by atoms with Gasteiger partial charge in [0.1, 0.15) is 5.69 Å². The van der Waals surface area contributed by atoms with Gasteiger partial charge in [-0.15, -0.1) is 0 Å². The summed E-state index contributed by atoms with van der Waals surface area (Å²) in [5.74, 6) is 0.625. The number of hydrogen-bond acceptors (Lipinski definition) is 6. The standard InChI is InChI=1S/C18H17N5O3/c24-17-13-12-19-18(21-9-4-1-5-10-21)20-14(13)8-11-22(17)15-6-2-3-7-16(15)23(25)26/h2-3,6-8,11-12H,1,4-5,9-10H2. The molecule has 1 fully saturated rings. The summed E-state index contributed by atoms with van der Waals surface area (Å²) in [6, 6.07) is 7.86. The van der Waals surface area contributed by atoms with Crippen molar-refractivity contribution in [3.63, 3.8) is 0 Å². The number of para-hydroxylation sites is 2. The van der Waals surface area contributed by atoms with Crippen LogP contribution in [0.1, 0.15) is 19.3 Å². The zero-order chi connectivity index (χ0) is 18.1. The Morgan fingerprint density at radius 1 is 1.08 bits per heavy atom. The van der Waals surface area contributed by atoms with Gasteiger partial charge < -0.3 is 4.90 Å². The van der Waals surface area contributed by atoms with Crippen molar-refractivity contribution < 1.29 is 4.92 Å². The van der Waals surface area contributed by atoms with E-state index in [1.807, 2.05) is 0 Å². The lowest BCUT2D eigenvalue weighted by Crippen LogP contribution is -2.31. The molecule has 1 aliphatic heterocycles. The van der Waals surface area contributed by atoms with Gasteiger partial charge in [0.25, 0.3) is 11.2 Å². The summed E-state index contributed by atoms with van der Waals surface area (Å²) in [5.41, 5.74) is 0.270. The molecule has 0 spiro atoms. The number of piperidine rings is 1. The molecule has 0 saturated carbocycles. The Labute approximate surface area is 148 Å². The maximum absolute atomic E-state index is 12.8. The second-order valence-corrected chi connectivity index (χ2v) is 6.25. The summed E-state index contributed by atoms with van der Waals surface area (Å²) in [6.07, 6.45) is 6.48. The molecule has 0 amide bonds. The van der Waals surface area contributed by atoms with E-state index in [1.165, 1.54) is 29.4 Å². The third-order valence-corrected chi connectivity index (χ3v) is 4.61. The highest BCUT2D eigenvalue weighted by atomic mass is 16.6. The van der Waals surface area contributed by atoms with Crippen LogP contribution in [0.15, 0.2) is 47.5 Å². The average molecular weight is 351 g/mol. The maximum Gasteiger partial charge on any atom is 0.293 e. The number of pyridine rings is 1. The van der Waals surface area contributed by atoms with Gasteiger partial charge in [0.2, 0.25) is 5.95 Å². The van der Waals surface area contributed by atoms with Crippen molar-refractivity contribution in [3.05, 3.63) is 63.2 Å². The predicted octanol–water partition coefficient (Wildman–Crippen LogP) is 2.68. The highest BCUT2D eigenvalue weighted by Crippen LogP contribution is 2.22. The molecule has 1 saturated heterocycles. The van der Waals surface area contributed by atoms with Crippen molar-refractivity contribution in [2.24, 2.45) is 0 Å². The second kappa shape index (κ2) is 6.55. The van der Waals surface area contributed by atoms with Crippen LogP contribution in [0.2, 0.25) is 0 Å². The van der Waals surface area contributed by atoms with Gasteiger partial charge in [-0.2, -0.15) is 0 Å². The van der Waals surface area contributed by atoms with E-state index >= 15 is 0 Å². The van der Waals surface area contributed by atoms with Crippen molar-refractivity contribution in [3.8, 4) is 5.69 Å². The van der Waals surface area contributed by atoms with Gasteiger partial charge in [-0.25, -0.2) is 9.97 Å². The van der Waals surface area contributed by atoms with Gasteiger partial charge in [0, 0.05) is 31.5 Å². The Morgan fingerprint density at radius 3 is 2.62 bits per heavy atom. The first-order valence-electron chi connectivity index (χ1n) is 8.52. The van der Waals surface area contributed by atoms with E-state index < -0.39 is 4.92 Å². The molecular weight excluding hydrogens is 334 g/mol. The molecule has 1 aromatic carbocycles. The van der Waals surface area contributed by atoms with E-state index in [4.69, 9.17) is 0 Å². The number of hydrogen-bond donors (Lipinski definition) is 0. The van der Waals surface area contributed by atoms with Crippen LogP contribution < -0.4 is 10.5 Å². The van der Waals surface area contributed by atoms with Crippen LogP contribution in [0.3, 0.4) is 0 Å². The van der Waals surface area contributed by atoms with Crippen molar-refractivity contribution in [2.45, 2.75) is 19.3 Å². The zero-order valence-corrected chi connectivity index (χ0v) is 14.0. The number of nitrogens with zero attached hydrogens (tertiary/aromatic N) is 5. The highest BCUT2D eigenvalue weighted by molar-refractivity contribution is 5.78. The van der Waals surface area contributed by atoms with E-state index in [-0.39, 0.29) is 16.9 Å². The van der Waals surface area contributed by atoms with Gasteiger partial charge in [0.05, 0.1) is 15.8 Å². The molecule has 8 heteroatoms.